The number of amides is 1. The number of aromatic nitrogens is 2. The van der Waals surface area contributed by atoms with Gasteiger partial charge in [-0.2, -0.15) is 0 Å². The molecular weight excluding hydrogens is 386 g/mol. The van der Waals surface area contributed by atoms with Gasteiger partial charge in [0.05, 0.1) is 19.6 Å². The highest BCUT2D eigenvalue weighted by atomic mass is 16.7. The maximum Gasteiger partial charge on any atom is 0.231 e. The molecule has 0 radical (unpaired) electrons. The normalized spacial score (nSPS) is 18.6. The molecule has 1 aromatic carbocycles. The molecule has 30 heavy (non-hydrogen) atoms. The molecule has 2 aromatic rings. The van der Waals surface area contributed by atoms with Crippen LogP contribution in [0, 0.1) is 0 Å². The minimum atomic E-state index is 0.127. The van der Waals surface area contributed by atoms with E-state index in [9.17, 15) is 4.79 Å². The van der Waals surface area contributed by atoms with Crippen molar-refractivity contribution < 1.29 is 19.0 Å². The molecule has 3 aliphatic heterocycles. The van der Waals surface area contributed by atoms with Gasteiger partial charge in [0, 0.05) is 39.3 Å². The number of ether oxygens (including phenoxy) is 3. The van der Waals surface area contributed by atoms with Gasteiger partial charge < -0.3 is 28.9 Å². The Labute approximate surface area is 175 Å². The highest BCUT2D eigenvalue weighted by Gasteiger charge is 2.23. The van der Waals surface area contributed by atoms with Crippen LogP contribution in [0.3, 0.4) is 0 Å². The van der Waals surface area contributed by atoms with Crippen LogP contribution in [0.25, 0.3) is 0 Å². The van der Waals surface area contributed by atoms with Gasteiger partial charge in [0.1, 0.15) is 0 Å². The first-order valence-corrected chi connectivity index (χ1v) is 10.3. The van der Waals surface area contributed by atoms with Crippen LogP contribution in [0.5, 0.6) is 11.5 Å². The van der Waals surface area contributed by atoms with Crippen molar-refractivity contribution in [1.82, 2.24) is 15.1 Å². The van der Waals surface area contributed by atoms with Gasteiger partial charge in [0.2, 0.25) is 12.7 Å². The molecule has 9 nitrogen and oxygen atoms in total. The van der Waals surface area contributed by atoms with Crippen LogP contribution < -0.4 is 19.3 Å². The molecule has 1 amide bonds. The van der Waals surface area contributed by atoms with Crippen molar-refractivity contribution in [2.75, 3.05) is 69.1 Å². The summed E-state index contributed by atoms with van der Waals surface area (Å²) in [5, 5.41) is 8.80. The van der Waals surface area contributed by atoms with E-state index in [1.54, 1.807) is 0 Å². The fourth-order valence-electron chi connectivity index (χ4n) is 3.97. The molecule has 2 saturated heterocycles. The van der Waals surface area contributed by atoms with Crippen molar-refractivity contribution in [3.63, 3.8) is 0 Å². The lowest BCUT2D eigenvalue weighted by molar-refractivity contribution is -0.130. The average Bonchev–Trinajstić information content (AvgIpc) is 3.28. The van der Waals surface area contributed by atoms with Crippen LogP contribution in [0.4, 0.5) is 11.6 Å². The van der Waals surface area contributed by atoms with Crippen molar-refractivity contribution in [3.8, 4) is 11.5 Å². The maximum atomic E-state index is 12.7. The summed E-state index contributed by atoms with van der Waals surface area (Å²) < 4.78 is 16.1. The minimum Gasteiger partial charge on any atom is -0.454 e. The van der Waals surface area contributed by atoms with Gasteiger partial charge in [0.15, 0.2) is 23.1 Å². The molecule has 0 bridgehead atoms. The van der Waals surface area contributed by atoms with Crippen molar-refractivity contribution >= 4 is 17.5 Å². The summed E-state index contributed by atoms with van der Waals surface area (Å²) in [7, 11) is 0. The third-order valence-corrected chi connectivity index (χ3v) is 5.72. The largest absolute Gasteiger partial charge is 0.454 e. The van der Waals surface area contributed by atoms with Crippen LogP contribution in [0.2, 0.25) is 0 Å². The minimum absolute atomic E-state index is 0.127. The summed E-state index contributed by atoms with van der Waals surface area (Å²) in [4.78, 5) is 19.0. The fourth-order valence-corrected chi connectivity index (χ4v) is 3.97. The molecule has 3 aliphatic rings. The summed E-state index contributed by atoms with van der Waals surface area (Å²) in [5.74, 6) is 3.32. The second kappa shape index (κ2) is 8.35. The number of carbonyl (C=O) groups excluding carboxylic acids is 1. The van der Waals surface area contributed by atoms with E-state index in [-0.39, 0.29) is 12.7 Å². The zero-order chi connectivity index (χ0) is 20.3. The number of hydrogen-bond donors (Lipinski definition) is 0. The molecule has 2 fully saturated rings. The van der Waals surface area contributed by atoms with Crippen LogP contribution in [0.1, 0.15) is 5.56 Å². The number of benzene rings is 1. The first kappa shape index (κ1) is 18.9. The Morgan fingerprint density at radius 2 is 1.50 bits per heavy atom. The van der Waals surface area contributed by atoms with Crippen LogP contribution in [-0.2, 0) is 16.0 Å². The summed E-state index contributed by atoms with van der Waals surface area (Å²) >= 11 is 0. The van der Waals surface area contributed by atoms with Gasteiger partial charge in [-0.25, -0.2) is 0 Å². The van der Waals surface area contributed by atoms with E-state index in [4.69, 9.17) is 14.2 Å². The first-order valence-electron chi connectivity index (χ1n) is 10.3. The molecule has 0 spiro atoms. The van der Waals surface area contributed by atoms with Gasteiger partial charge in [-0.3, -0.25) is 4.79 Å². The van der Waals surface area contributed by atoms with Gasteiger partial charge in [-0.15, -0.1) is 10.2 Å². The summed E-state index contributed by atoms with van der Waals surface area (Å²) in [6, 6.07) is 9.71. The third-order valence-electron chi connectivity index (χ3n) is 5.72. The van der Waals surface area contributed by atoms with Gasteiger partial charge >= 0.3 is 0 Å². The number of rotatable bonds is 4. The molecule has 0 saturated carbocycles. The standard InChI is InChI=1S/C21H25N5O4/c27-21(14-16-1-2-17-18(13-16)30-15-29-17)26-7-5-24(6-8-26)19-3-4-20(23-22-19)25-9-11-28-12-10-25/h1-4,13H,5-12,14-15H2. The van der Waals surface area contributed by atoms with Crippen LogP contribution in [0.15, 0.2) is 30.3 Å². The zero-order valence-electron chi connectivity index (χ0n) is 16.8. The second-order valence-corrected chi connectivity index (χ2v) is 7.58. The van der Waals surface area contributed by atoms with E-state index in [2.05, 4.69) is 20.0 Å². The predicted molar refractivity (Wildman–Crippen MR) is 110 cm³/mol. The predicted octanol–water partition coefficient (Wildman–Crippen LogP) is 0.933. The number of morpholine rings is 1. The van der Waals surface area contributed by atoms with E-state index >= 15 is 0 Å². The fraction of sp³-hybridized carbons (Fsp3) is 0.476. The lowest BCUT2D eigenvalue weighted by atomic mass is 10.1. The Kier molecular flexibility index (Phi) is 5.27. The summed E-state index contributed by atoms with van der Waals surface area (Å²) in [6.45, 7) is 6.24. The Hall–Kier alpha value is -3.07. The first-order chi connectivity index (χ1) is 14.8. The second-order valence-electron chi connectivity index (χ2n) is 7.58. The van der Waals surface area contributed by atoms with Crippen LogP contribution in [-0.4, -0.2) is 80.3 Å². The maximum absolute atomic E-state index is 12.7. The molecule has 0 aliphatic carbocycles. The van der Waals surface area contributed by atoms with Crippen LogP contribution >= 0.6 is 0 Å². The number of carbonyl (C=O) groups is 1. The third kappa shape index (κ3) is 3.97. The Bertz CT molecular complexity index is 893. The van der Waals surface area contributed by atoms with Gasteiger partial charge in [0.25, 0.3) is 0 Å². The van der Waals surface area contributed by atoms with Gasteiger partial charge in [-0.05, 0) is 29.8 Å². The Morgan fingerprint density at radius 1 is 0.833 bits per heavy atom. The van der Waals surface area contributed by atoms with E-state index in [0.29, 0.717) is 25.3 Å². The lowest BCUT2D eigenvalue weighted by Crippen LogP contribution is -2.49. The monoisotopic (exact) mass is 411 g/mol. The van der Waals surface area contributed by atoms with Crippen molar-refractivity contribution in [2.24, 2.45) is 0 Å². The molecule has 1 aromatic heterocycles. The zero-order valence-corrected chi connectivity index (χ0v) is 16.8. The quantitative estimate of drug-likeness (QED) is 0.735. The summed E-state index contributed by atoms with van der Waals surface area (Å²) in [6.07, 6.45) is 0.366. The van der Waals surface area contributed by atoms with Crippen molar-refractivity contribution in [3.05, 3.63) is 35.9 Å². The van der Waals surface area contributed by atoms with Crippen molar-refractivity contribution in [1.29, 1.82) is 0 Å². The SMILES string of the molecule is O=C(Cc1ccc2c(c1)OCO2)N1CCN(c2ccc(N3CCOCC3)nn2)CC1. The number of fused-ring (bicyclic) bond motifs is 1. The molecule has 158 valence electrons. The molecule has 9 heteroatoms. The number of hydrogen-bond acceptors (Lipinski definition) is 8. The molecule has 5 rings (SSSR count). The number of anilines is 2. The van der Waals surface area contributed by atoms with E-state index in [1.165, 1.54) is 0 Å². The summed E-state index contributed by atoms with van der Waals surface area (Å²) in [5.41, 5.74) is 0.941. The average molecular weight is 411 g/mol. The highest BCUT2D eigenvalue weighted by molar-refractivity contribution is 5.79. The van der Waals surface area contributed by atoms with Crippen molar-refractivity contribution in [2.45, 2.75) is 6.42 Å². The molecule has 0 unspecified atom stereocenters. The Morgan fingerprint density at radius 3 is 2.20 bits per heavy atom. The smallest absolute Gasteiger partial charge is 0.231 e. The van der Waals surface area contributed by atoms with E-state index in [1.807, 2.05) is 35.2 Å². The van der Waals surface area contributed by atoms with Gasteiger partial charge in [-0.1, -0.05) is 6.07 Å². The molecule has 4 heterocycles. The molecule has 0 atom stereocenters. The molecule has 0 N–H and O–H groups in total. The topological polar surface area (TPSA) is 80.3 Å². The van der Waals surface area contributed by atoms with E-state index in [0.717, 1.165) is 62.3 Å². The highest BCUT2D eigenvalue weighted by Crippen LogP contribution is 2.32. The van der Waals surface area contributed by atoms with E-state index < -0.39 is 0 Å². The lowest BCUT2D eigenvalue weighted by Gasteiger charge is -2.35. The Balaban J connectivity index is 1.14. The number of nitrogens with zero attached hydrogens (tertiary/aromatic N) is 5. The number of piperazine rings is 1. The molecular formula is C21H25N5O4.